The molecular formula is C18H32N4. The van der Waals surface area contributed by atoms with Crippen LogP contribution < -0.4 is 10.6 Å². The minimum absolute atomic E-state index is 0.0350. The fourth-order valence-corrected chi connectivity index (χ4v) is 2.20. The lowest BCUT2D eigenvalue weighted by Crippen LogP contribution is -2.39. The second-order valence-corrected chi connectivity index (χ2v) is 6.53. The summed E-state index contributed by atoms with van der Waals surface area (Å²) < 4.78 is 0. The lowest BCUT2D eigenvalue weighted by atomic mass is 9.85. The van der Waals surface area contributed by atoms with Crippen molar-refractivity contribution in [2.24, 2.45) is 4.99 Å². The van der Waals surface area contributed by atoms with Crippen LogP contribution in [-0.4, -0.2) is 51.1 Å². The molecule has 4 nitrogen and oxygen atoms in total. The van der Waals surface area contributed by atoms with Gasteiger partial charge in [0, 0.05) is 18.5 Å². The van der Waals surface area contributed by atoms with Gasteiger partial charge in [-0.05, 0) is 39.5 Å². The number of guanidine groups is 1. The molecule has 0 fully saturated rings. The molecule has 1 aromatic rings. The van der Waals surface area contributed by atoms with Gasteiger partial charge in [0.15, 0.2) is 5.96 Å². The molecule has 0 atom stereocenters. The van der Waals surface area contributed by atoms with E-state index in [2.05, 4.69) is 80.7 Å². The van der Waals surface area contributed by atoms with Crippen molar-refractivity contribution >= 4 is 5.96 Å². The van der Waals surface area contributed by atoms with Gasteiger partial charge in [0.2, 0.25) is 0 Å². The molecule has 0 heterocycles. The maximum Gasteiger partial charge on any atom is 0.191 e. The van der Waals surface area contributed by atoms with E-state index in [4.69, 9.17) is 4.99 Å². The molecule has 0 saturated heterocycles. The summed E-state index contributed by atoms with van der Waals surface area (Å²) in [5.74, 6) is 0.908. The van der Waals surface area contributed by atoms with E-state index >= 15 is 0 Å². The minimum Gasteiger partial charge on any atom is -0.357 e. The maximum absolute atomic E-state index is 4.76. The molecule has 2 N–H and O–H groups in total. The first-order valence-corrected chi connectivity index (χ1v) is 8.18. The third-order valence-corrected chi connectivity index (χ3v) is 3.61. The molecule has 124 valence electrons. The van der Waals surface area contributed by atoms with E-state index in [0.717, 1.165) is 38.6 Å². The van der Waals surface area contributed by atoms with Crippen molar-refractivity contribution in [3.63, 3.8) is 0 Å². The highest BCUT2D eigenvalue weighted by Gasteiger charge is 2.19. The average molecular weight is 304 g/mol. The van der Waals surface area contributed by atoms with Gasteiger partial charge in [0.25, 0.3) is 0 Å². The second-order valence-electron chi connectivity index (χ2n) is 6.53. The summed E-state index contributed by atoms with van der Waals surface area (Å²) in [5.41, 5.74) is 1.36. The van der Waals surface area contributed by atoms with Crippen LogP contribution in [0.15, 0.2) is 35.3 Å². The number of benzene rings is 1. The molecule has 0 aliphatic carbocycles. The Kier molecular flexibility index (Phi) is 7.96. The van der Waals surface area contributed by atoms with Gasteiger partial charge < -0.3 is 15.5 Å². The van der Waals surface area contributed by atoms with Crippen molar-refractivity contribution in [1.29, 1.82) is 0 Å². The average Bonchev–Trinajstić information content (AvgIpc) is 2.49. The standard InChI is InChI=1S/C18H32N4/c1-6-19-17(20-13-10-14-22(4)5)21-15-18(2,3)16-11-8-7-9-12-16/h7-9,11-12H,6,10,13-15H2,1-5H3,(H2,19,20,21). The number of nitrogens with zero attached hydrogens (tertiary/aromatic N) is 2. The normalized spacial score (nSPS) is 12.5. The Balaban J connectivity index is 2.57. The zero-order chi connectivity index (χ0) is 16.4. The molecule has 0 aliphatic heterocycles. The molecule has 0 bridgehead atoms. The molecule has 22 heavy (non-hydrogen) atoms. The summed E-state index contributed by atoms with van der Waals surface area (Å²) in [7, 11) is 4.20. The maximum atomic E-state index is 4.76. The van der Waals surface area contributed by atoms with Crippen molar-refractivity contribution in [1.82, 2.24) is 15.5 Å². The predicted octanol–water partition coefficient (Wildman–Crippen LogP) is 2.47. The smallest absolute Gasteiger partial charge is 0.191 e. The predicted molar refractivity (Wildman–Crippen MR) is 96.6 cm³/mol. The van der Waals surface area contributed by atoms with E-state index in [1.807, 2.05) is 0 Å². The number of nitrogens with one attached hydrogen (secondary N) is 2. The van der Waals surface area contributed by atoms with E-state index in [0.29, 0.717) is 0 Å². The van der Waals surface area contributed by atoms with Crippen LogP contribution in [0.2, 0.25) is 0 Å². The van der Waals surface area contributed by atoms with E-state index in [-0.39, 0.29) is 5.41 Å². The summed E-state index contributed by atoms with van der Waals surface area (Å²) in [5, 5.41) is 6.73. The number of hydrogen-bond donors (Lipinski definition) is 2. The van der Waals surface area contributed by atoms with E-state index in [1.165, 1.54) is 5.56 Å². The lowest BCUT2D eigenvalue weighted by Gasteiger charge is -2.24. The van der Waals surface area contributed by atoms with Crippen LogP contribution in [0.25, 0.3) is 0 Å². The molecule has 0 unspecified atom stereocenters. The zero-order valence-electron chi connectivity index (χ0n) is 14.8. The van der Waals surface area contributed by atoms with Gasteiger partial charge in [-0.3, -0.25) is 4.99 Å². The molecule has 0 radical (unpaired) electrons. The van der Waals surface area contributed by atoms with E-state index in [9.17, 15) is 0 Å². The summed E-state index contributed by atoms with van der Waals surface area (Å²) in [6, 6.07) is 10.6. The second kappa shape index (κ2) is 9.46. The van der Waals surface area contributed by atoms with Crippen molar-refractivity contribution < 1.29 is 0 Å². The molecular weight excluding hydrogens is 272 g/mol. The molecule has 0 saturated carbocycles. The van der Waals surface area contributed by atoms with Crippen molar-refractivity contribution in [3.05, 3.63) is 35.9 Å². The van der Waals surface area contributed by atoms with E-state index < -0.39 is 0 Å². The van der Waals surface area contributed by atoms with Crippen LogP contribution in [0.3, 0.4) is 0 Å². The highest BCUT2D eigenvalue weighted by Crippen LogP contribution is 2.22. The summed E-state index contributed by atoms with van der Waals surface area (Å²) in [4.78, 5) is 6.96. The number of hydrogen-bond acceptors (Lipinski definition) is 2. The molecule has 0 amide bonds. The van der Waals surface area contributed by atoms with E-state index in [1.54, 1.807) is 0 Å². The van der Waals surface area contributed by atoms with Crippen molar-refractivity contribution in [3.8, 4) is 0 Å². The fraction of sp³-hybridized carbons (Fsp3) is 0.611. The largest absolute Gasteiger partial charge is 0.357 e. The van der Waals surface area contributed by atoms with Gasteiger partial charge in [-0.25, -0.2) is 0 Å². The van der Waals surface area contributed by atoms with Gasteiger partial charge in [-0.15, -0.1) is 0 Å². The van der Waals surface area contributed by atoms with Crippen LogP contribution in [0, 0.1) is 0 Å². The Bertz CT molecular complexity index is 438. The highest BCUT2D eigenvalue weighted by atomic mass is 15.2. The monoisotopic (exact) mass is 304 g/mol. The van der Waals surface area contributed by atoms with Gasteiger partial charge in [0.05, 0.1) is 6.54 Å². The topological polar surface area (TPSA) is 39.7 Å². The first-order valence-electron chi connectivity index (χ1n) is 8.18. The number of aliphatic imine (C=N–C) groups is 1. The van der Waals surface area contributed by atoms with Crippen molar-refractivity contribution in [2.75, 3.05) is 40.3 Å². The van der Waals surface area contributed by atoms with Gasteiger partial charge in [-0.2, -0.15) is 0 Å². The van der Waals surface area contributed by atoms with Crippen LogP contribution in [0.1, 0.15) is 32.8 Å². The first kappa shape index (κ1) is 18.5. The zero-order valence-corrected chi connectivity index (χ0v) is 14.8. The molecule has 0 aromatic heterocycles. The Morgan fingerprint density at radius 3 is 2.41 bits per heavy atom. The summed E-state index contributed by atoms with van der Waals surface area (Å²) in [6.07, 6.45) is 1.11. The third kappa shape index (κ3) is 6.94. The molecule has 1 aromatic carbocycles. The Morgan fingerprint density at radius 2 is 1.82 bits per heavy atom. The molecule has 0 spiro atoms. The van der Waals surface area contributed by atoms with Crippen LogP contribution in [-0.2, 0) is 5.41 Å². The summed E-state index contributed by atoms with van der Waals surface area (Å²) in [6.45, 7) is 10.2. The lowest BCUT2D eigenvalue weighted by molar-refractivity contribution is 0.399. The SMILES string of the molecule is CCNC(=NCC(C)(C)c1ccccc1)NCCCN(C)C. The third-order valence-electron chi connectivity index (χ3n) is 3.61. The first-order chi connectivity index (χ1) is 10.5. The Hall–Kier alpha value is -1.55. The van der Waals surface area contributed by atoms with Crippen LogP contribution in [0.4, 0.5) is 0 Å². The van der Waals surface area contributed by atoms with Crippen molar-refractivity contribution in [2.45, 2.75) is 32.6 Å². The fourth-order valence-electron chi connectivity index (χ4n) is 2.20. The van der Waals surface area contributed by atoms with Crippen LogP contribution >= 0.6 is 0 Å². The summed E-state index contributed by atoms with van der Waals surface area (Å²) >= 11 is 0. The molecule has 0 aliphatic rings. The van der Waals surface area contributed by atoms with Crippen LogP contribution in [0.5, 0.6) is 0 Å². The minimum atomic E-state index is 0.0350. The van der Waals surface area contributed by atoms with Gasteiger partial charge >= 0.3 is 0 Å². The Labute approximate surface area is 136 Å². The van der Waals surface area contributed by atoms with Gasteiger partial charge in [0.1, 0.15) is 0 Å². The molecule has 4 heteroatoms. The quantitative estimate of drug-likeness (QED) is 0.440. The Morgan fingerprint density at radius 1 is 1.14 bits per heavy atom. The molecule has 1 rings (SSSR count). The van der Waals surface area contributed by atoms with Gasteiger partial charge in [-0.1, -0.05) is 44.2 Å². The number of rotatable bonds is 8. The highest BCUT2D eigenvalue weighted by molar-refractivity contribution is 5.79.